The number of carbonyl (C=O) groups is 6. The average molecular weight is 478 g/mol. The third-order valence-corrected chi connectivity index (χ3v) is 4.43. The van der Waals surface area contributed by atoms with Crippen molar-refractivity contribution in [2.45, 2.75) is 52.2 Å². The molecule has 1 rings (SSSR count). The molecule has 186 valence electrons. The highest BCUT2D eigenvalue weighted by atomic mass is 16.5. The zero-order valence-electron chi connectivity index (χ0n) is 19.3. The largest absolute Gasteiger partial charge is 0.461 e. The number of ketones is 1. The van der Waals surface area contributed by atoms with Crippen LogP contribution in [0.15, 0.2) is 24.3 Å². The van der Waals surface area contributed by atoms with Gasteiger partial charge in [0, 0.05) is 32.0 Å². The van der Waals surface area contributed by atoms with Crippen LogP contribution >= 0.6 is 0 Å². The molecule has 0 aliphatic heterocycles. The number of amides is 5. The van der Waals surface area contributed by atoms with Gasteiger partial charge in [0.1, 0.15) is 18.4 Å². The smallest absolute Gasteiger partial charge is 0.312 e. The molecule has 6 N–H and O–H groups in total. The number of nitrogens with two attached hydrogens (primary N) is 1. The number of rotatable bonds is 14. The standard InChI is InChI=1S/C22H31N5O7/c1-14(28)5-10-19(30)25-12-20(31)27-18(4-3-11-24-22(23)33)21(32)26-17-8-6-16(7-9-17)13-34-15(2)29/h6-9,18H,3-5,10-13H2,1-2H3,(H,25,30)(H,26,32)(H,27,31)(H3,23,24,33)/t18-/m0/s1. The maximum absolute atomic E-state index is 12.8. The lowest BCUT2D eigenvalue weighted by molar-refractivity contribution is -0.142. The Balaban J connectivity index is 2.68. The van der Waals surface area contributed by atoms with E-state index in [2.05, 4.69) is 21.3 Å². The van der Waals surface area contributed by atoms with Crippen LogP contribution in [0.2, 0.25) is 0 Å². The quantitative estimate of drug-likeness (QED) is 0.186. The minimum Gasteiger partial charge on any atom is -0.461 e. The van der Waals surface area contributed by atoms with Crippen LogP contribution in [0.4, 0.5) is 10.5 Å². The predicted molar refractivity (Wildman–Crippen MR) is 122 cm³/mol. The molecule has 12 nitrogen and oxygen atoms in total. The molecular formula is C22H31N5O7. The minimum atomic E-state index is -0.947. The number of benzene rings is 1. The van der Waals surface area contributed by atoms with E-state index in [1.165, 1.54) is 13.8 Å². The summed E-state index contributed by atoms with van der Waals surface area (Å²) in [5, 5.41) is 10.0. The van der Waals surface area contributed by atoms with Crippen LogP contribution in [0.1, 0.15) is 45.1 Å². The predicted octanol–water partition coefficient (Wildman–Crippen LogP) is 0.107. The van der Waals surface area contributed by atoms with Gasteiger partial charge in [0.15, 0.2) is 0 Å². The zero-order valence-corrected chi connectivity index (χ0v) is 19.3. The first-order chi connectivity index (χ1) is 16.1. The second kappa shape index (κ2) is 15.0. The molecule has 0 aliphatic rings. The van der Waals surface area contributed by atoms with Crippen LogP contribution in [0.3, 0.4) is 0 Å². The number of anilines is 1. The first-order valence-corrected chi connectivity index (χ1v) is 10.7. The second-order valence-electron chi connectivity index (χ2n) is 7.50. The number of esters is 1. The molecule has 0 radical (unpaired) electrons. The first kappa shape index (κ1) is 28.1. The Bertz CT molecular complexity index is 886. The van der Waals surface area contributed by atoms with Gasteiger partial charge in [-0.15, -0.1) is 0 Å². The van der Waals surface area contributed by atoms with E-state index in [-0.39, 0.29) is 44.7 Å². The molecule has 0 saturated heterocycles. The Morgan fingerprint density at radius 3 is 2.21 bits per heavy atom. The molecule has 0 spiro atoms. The maximum atomic E-state index is 12.8. The normalized spacial score (nSPS) is 11.0. The zero-order chi connectivity index (χ0) is 25.5. The summed E-state index contributed by atoms with van der Waals surface area (Å²) in [6, 6.07) is 4.96. The fourth-order valence-corrected chi connectivity index (χ4v) is 2.69. The molecule has 1 aromatic carbocycles. The van der Waals surface area contributed by atoms with E-state index in [0.29, 0.717) is 12.1 Å². The minimum absolute atomic E-state index is 0.0290. The fraction of sp³-hybridized carbons (Fsp3) is 0.455. The van der Waals surface area contributed by atoms with E-state index >= 15 is 0 Å². The van der Waals surface area contributed by atoms with Crippen LogP contribution in [-0.4, -0.2) is 54.6 Å². The summed E-state index contributed by atoms with van der Waals surface area (Å²) in [6.07, 6.45) is 0.595. The van der Waals surface area contributed by atoms with Crippen molar-refractivity contribution < 1.29 is 33.5 Å². The summed E-state index contributed by atoms with van der Waals surface area (Å²) >= 11 is 0. The highest BCUT2D eigenvalue weighted by Crippen LogP contribution is 2.12. The van der Waals surface area contributed by atoms with Gasteiger partial charge in [-0.2, -0.15) is 0 Å². The second-order valence-corrected chi connectivity index (χ2v) is 7.50. The molecule has 0 fully saturated rings. The van der Waals surface area contributed by atoms with Gasteiger partial charge in [0.05, 0.1) is 6.54 Å². The highest BCUT2D eigenvalue weighted by molar-refractivity contribution is 5.97. The number of ether oxygens (including phenoxy) is 1. The van der Waals surface area contributed by atoms with Gasteiger partial charge in [0.2, 0.25) is 17.7 Å². The first-order valence-electron chi connectivity index (χ1n) is 10.7. The van der Waals surface area contributed by atoms with E-state index in [9.17, 15) is 28.8 Å². The number of carbonyl (C=O) groups excluding carboxylic acids is 6. The van der Waals surface area contributed by atoms with Gasteiger partial charge in [-0.1, -0.05) is 12.1 Å². The van der Waals surface area contributed by atoms with E-state index in [1.807, 2.05) is 0 Å². The Labute approximate surface area is 197 Å². The van der Waals surface area contributed by atoms with Crippen molar-refractivity contribution in [3.05, 3.63) is 29.8 Å². The molecule has 12 heteroatoms. The maximum Gasteiger partial charge on any atom is 0.312 e. The van der Waals surface area contributed by atoms with Crippen LogP contribution in [0.5, 0.6) is 0 Å². The number of urea groups is 1. The Morgan fingerprint density at radius 1 is 0.941 bits per heavy atom. The third-order valence-electron chi connectivity index (χ3n) is 4.43. The fourth-order valence-electron chi connectivity index (χ4n) is 2.69. The molecule has 0 aromatic heterocycles. The van der Waals surface area contributed by atoms with Crippen molar-refractivity contribution >= 4 is 41.2 Å². The Hall–Kier alpha value is -3.96. The third kappa shape index (κ3) is 12.8. The molecule has 1 aromatic rings. The Morgan fingerprint density at radius 2 is 1.62 bits per heavy atom. The van der Waals surface area contributed by atoms with Crippen molar-refractivity contribution in [1.82, 2.24) is 16.0 Å². The van der Waals surface area contributed by atoms with Gasteiger partial charge < -0.3 is 36.5 Å². The van der Waals surface area contributed by atoms with Gasteiger partial charge in [0.25, 0.3) is 0 Å². The molecular weight excluding hydrogens is 446 g/mol. The van der Waals surface area contributed by atoms with Gasteiger partial charge in [-0.25, -0.2) is 4.79 Å². The number of hydrogen-bond donors (Lipinski definition) is 5. The molecule has 5 amide bonds. The molecule has 34 heavy (non-hydrogen) atoms. The molecule has 1 atom stereocenters. The summed E-state index contributed by atoms with van der Waals surface area (Å²) < 4.78 is 4.91. The van der Waals surface area contributed by atoms with Crippen molar-refractivity contribution in [2.24, 2.45) is 5.73 Å². The van der Waals surface area contributed by atoms with E-state index in [1.54, 1.807) is 24.3 Å². The van der Waals surface area contributed by atoms with E-state index < -0.39 is 35.8 Å². The van der Waals surface area contributed by atoms with Crippen LogP contribution in [-0.2, 0) is 35.3 Å². The van der Waals surface area contributed by atoms with Gasteiger partial charge in [-0.3, -0.25) is 19.2 Å². The lowest BCUT2D eigenvalue weighted by Gasteiger charge is -2.19. The van der Waals surface area contributed by atoms with Crippen LogP contribution in [0, 0.1) is 0 Å². The van der Waals surface area contributed by atoms with Crippen molar-refractivity contribution in [3.63, 3.8) is 0 Å². The highest BCUT2D eigenvalue weighted by Gasteiger charge is 2.21. The summed E-state index contributed by atoms with van der Waals surface area (Å²) in [7, 11) is 0. The van der Waals surface area contributed by atoms with Gasteiger partial charge >= 0.3 is 12.0 Å². The topological polar surface area (TPSA) is 186 Å². The summed E-state index contributed by atoms with van der Waals surface area (Å²) in [6.45, 7) is 2.63. The van der Waals surface area contributed by atoms with E-state index in [0.717, 1.165) is 5.56 Å². The van der Waals surface area contributed by atoms with Crippen LogP contribution < -0.4 is 27.0 Å². The lowest BCUT2D eigenvalue weighted by atomic mass is 10.1. The number of primary amides is 1. The SMILES string of the molecule is CC(=O)CCC(=O)NCC(=O)N[C@@H](CCCNC(N)=O)C(=O)Nc1ccc(COC(C)=O)cc1. The molecule has 0 unspecified atom stereocenters. The number of hydrogen-bond acceptors (Lipinski definition) is 7. The summed E-state index contributed by atoms with van der Waals surface area (Å²) in [5.41, 5.74) is 6.22. The molecule has 0 bridgehead atoms. The number of Topliss-reactive ketones (excluding diaryl/α,β-unsaturated/α-hetero) is 1. The monoisotopic (exact) mass is 477 g/mol. The van der Waals surface area contributed by atoms with Gasteiger partial charge in [-0.05, 0) is 37.5 Å². The van der Waals surface area contributed by atoms with E-state index in [4.69, 9.17) is 10.5 Å². The number of nitrogens with one attached hydrogen (secondary N) is 4. The Kier molecular flexibility index (Phi) is 12.4. The lowest BCUT2D eigenvalue weighted by Crippen LogP contribution is -2.47. The van der Waals surface area contributed by atoms with Crippen molar-refractivity contribution in [2.75, 3.05) is 18.4 Å². The van der Waals surface area contributed by atoms with Crippen molar-refractivity contribution in [3.8, 4) is 0 Å². The van der Waals surface area contributed by atoms with Crippen molar-refractivity contribution in [1.29, 1.82) is 0 Å². The van der Waals surface area contributed by atoms with Crippen LogP contribution in [0.25, 0.3) is 0 Å². The molecule has 0 aliphatic carbocycles. The average Bonchev–Trinajstić information content (AvgIpc) is 2.77. The molecule has 0 saturated carbocycles. The molecule has 0 heterocycles. The summed E-state index contributed by atoms with van der Waals surface area (Å²) in [4.78, 5) is 69.4. The summed E-state index contributed by atoms with van der Waals surface area (Å²) in [5.74, 6) is -2.08.